The van der Waals surface area contributed by atoms with Gasteiger partial charge in [-0.05, 0) is 56.0 Å². The largest absolute Gasteiger partial charge is 0.349 e. The van der Waals surface area contributed by atoms with Crippen LogP contribution < -0.4 is 5.32 Å². The number of halogens is 2. The molecule has 2 atom stereocenters. The molecule has 0 saturated heterocycles. The van der Waals surface area contributed by atoms with E-state index in [4.69, 9.17) is 16.6 Å². The molecule has 0 unspecified atom stereocenters. The fourth-order valence-corrected chi connectivity index (χ4v) is 5.71. The van der Waals surface area contributed by atoms with Gasteiger partial charge in [-0.25, -0.2) is 19.3 Å². The number of fused-ring (bicyclic) bond motifs is 1. The monoisotopic (exact) mass is 522 g/mol. The summed E-state index contributed by atoms with van der Waals surface area (Å²) in [6, 6.07) is 8.15. The van der Waals surface area contributed by atoms with Gasteiger partial charge >= 0.3 is 0 Å². The summed E-state index contributed by atoms with van der Waals surface area (Å²) in [6.07, 6.45) is 7.94. The quantitative estimate of drug-likeness (QED) is 0.334. The fraction of sp³-hybridized carbons (Fsp3) is 0.250. The number of hydrogen-bond donors (Lipinski definition) is 2. The number of aromatic amines is 1. The zero-order chi connectivity index (χ0) is 24.6. The van der Waals surface area contributed by atoms with Crippen molar-refractivity contribution in [2.45, 2.75) is 37.8 Å². The normalized spacial score (nSPS) is 17.9. The number of rotatable bonds is 5. The van der Waals surface area contributed by atoms with Gasteiger partial charge in [0.1, 0.15) is 23.2 Å². The molecule has 0 radical (unpaired) electrons. The second kappa shape index (κ2) is 9.40. The molecule has 36 heavy (non-hydrogen) atoms. The van der Waals surface area contributed by atoms with Crippen LogP contribution in [0.3, 0.4) is 0 Å². The number of carbonyl (C=O) groups is 1. The van der Waals surface area contributed by atoms with Gasteiger partial charge in [0.15, 0.2) is 17.5 Å². The molecule has 182 valence electrons. The number of amides is 1. The fourth-order valence-electron chi connectivity index (χ4n) is 4.76. The van der Waals surface area contributed by atoms with Crippen molar-refractivity contribution >= 4 is 39.9 Å². The van der Waals surface area contributed by atoms with Gasteiger partial charge in [0.05, 0.1) is 20.9 Å². The molecule has 0 spiro atoms. The van der Waals surface area contributed by atoms with Crippen LogP contribution in [0, 0.1) is 5.82 Å². The Morgan fingerprint density at radius 3 is 2.92 bits per heavy atom. The number of nitrogens with one attached hydrogen (secondary N) is 2. The van der Waals surface area contributed by atoms with Gasteiger partial charge in [0.25, 0.3) is 5.91 Å². The molecule has 9 nitrogen and oxygen atoms in total. The summed E-state index contributed by atoms with van der Waals surface area (Å²) in [7, 11) is 0. The molecule has 1 saturated carbocycles. The summed E-state index contributed by atoms with van der Waals surface area (Å²) in [5.74, 6) is 0.296. The lowest BCUT2D eigenvalue weighted by atomic mass is 9.90. The SMILES string of the molecule is O=C(N[C@H]1CCC[C@@H](n2c(-c3ncccc3F)nc3cnc(-c4nc[nH]n4)cc32)C1)c1ccc(Cl)s1. The summed E-state index contributed by atoms with van der Waals surface area (Å²) >= 11 is 7.26. The average molecular weight is 523 g/mol. The first-order chi connectivity index (χ1) is 17.6. The summed E-state index contributed by atoms with van der Waals surface area (Å²) in [5, 5.41) is 9.98. The Morgan fingerprint density at radius 2 is 2.14 bits per heavy atom. The first kappa shape index (κ1) is 22.7. The number of thiophene rings is 1. The van der Waals surface area contributed by atoms with Crippen molar-refractivity contribution < 1.29 is 9.18 Å². The van der Waals surface area contributed by atoms with E-state index in [1.807, 2.05) is 10.6 Å². The van der Waals surface area contributed by atoms with E-state index in [1.165, 1.54) is 23.7 Å². The second-order valence-electron chi connectivity index (χ2n) is 8.61. The molecule has 0 aromatic carbocycles. The van der Waals surface area contributed by atoms with Crippen molar-refractivity contribution in [1.29, 1.82) is 0 Å². The van der Waals surface area contributed by atoms with Crippen molar-refractivity contribution in [3.8, 4) is 23.0 Å². The number of hydrogen-bond acceptors (Lipinski definition) is 7. The standard InChI is InChI=1S/C24H20ClFN8OS/c25-20-7-6-19(36-20)24(35)31-13-3-1-4-14(9-13)34-18-10-16(22-29-12-30-33-22)28-11-17(18)32-23(34)21-15(26)5-2-8-27-21/h2,5-8,10-14H,1,3-4,9H2,(H,31,35)(H,29,30,33)/t13-,14+/m0/s1. The Labute approximate surface area is 213 Å². The molecule has 1 amide bonds. The van der Waals surface area contributed by atoms with E-state index in [-0.39, 0.29) is 23.7 Å². The third kappa shape index (κ3) is 4.24. The summed E-state index contributed by atoms with van der Waals surface area (Å²) < 4.78 is 17.5. The molecule has 6 rings (SSSR count). The van der Waals surface area contributed by atoms with E-state index in [2.05, 4.69) is 30.5 Å². The number of nitrogens with zero attached hydrogens (tertiary/aromatic N) is 6. The molecule has 5 aromatic rings. The summed E-state index contributed by atoms with van der Waals surface area (Å²) in [5.41, 5.74) is 2.15. The first-order valence-corrected chi connectivity index (χ1v) is 12.7. The summed E-state index contributed by atoms with van der Waals surface area (Å²) in [4.78, 5) is 31.0. The molecule has 0 bridgehead atoms. The minimum atomic E-state index is -0.452. The Balaban J connectivity index is 1.40. The van der Waals surface area contributed by atoms with Crippen LogP contribution in [-0.2, 0) is 0 Å². The number of carbonyl (C=O) groups excluding carboxylic acids is 1. The molecule has 1 aliphatic rings. The molecular weight excluding hydrogens is 503 g/mol. The van der Waals surface area contributed by atoms with Gasteiger partial charge in [-0.1, -0.05) is 11.6 Å². The predicted octanol–water partition coefficient (Wildman–Crippen LogP) is 5.05. The molecule has 12 heteroatoms. The second-order valence-corrected chi connectivity index (χ2v) is 10.3. The number of imidazole rings is 1. The highest BCUT2D eigenvalue weighted by atomic mass is 35.5. The molecule has 2 N–H and O–H groups in total. The van der Waals surface area contributed by atoms with Crippen molar-refractivity contribution in [3.05, 3.63) is 64.1 Å². The highest BCUT2D eigenvalue weighted by Gasteiger charge is 2.30. The van der Waals surface area contributed by atoms with Crippen LogP contribution >= 0.6 is 22.9 Å². The topological polar surface area (TPSA) is 114 Å². The molecule has 0 aliphatic heterocycles. The Morgan fingerprint density at radius 1 is 1.22 bits per heavy atom. The van der Waals surface area contributed by atoms with E-state index in [9.17, 15) is 9.18 Å². The van der Waals surface area contributed by atoms with Gasteiger partial charge < -0.3 is 9.88 Å². The van der Waals surface area contributed by atoms with E-state index >= 15 is 0 Å². The maximum Gasteiger partial charge on any atom is 0.261 e. The highest BCUT2D eigenvalue weighted by Crippen LogP contribution is 2.37. The highest BCUT2D eigenvalue weighted by molar-refractivity contribution is 7.18. The zero-order valence-electron chi connectivity index (χ0n) is 18.9. The van der Waals surface area contributed by atoms with E-state index in [0.29, 0.717) is 38.5 Å². The van der Waals surface area contributed by atoms with Crippen LogP contribution in [0.1, 0.15) is 41.4 Å². The number of H-pyrrole nitrogens is 1. The molecular formula is C24H20ClFN8OS. The zero-order valence-corrected chi connectivity index (χ0v) is 20.4. The predicted molar refractivity (Wildman–Crippen MR) is 134 cm³/mol. The third-order valence-corrected chi connectivity index (χ3v) is 7.56. The Bertz CT molecular complexity index is 1550. The van der Waals surface area contributed by atoms with Gasteiger partial charge in [-0.2, -0.15) is 5.10 Å². The van der Waals surface area contributed by atoms with Gasteiger partial charge in [-0.15, -0.1) is 11.3 Å². The minimum absolute atomic E-state index is 0.0419. The van der Waals surface area contributed by atoms with Crippen LogP contribution in [-0.4, -0.2) is 46.6 Å². The lowest BCUT2D eigenvalue weighted by molar-refractivity contribution is 0.0925. The van der Waals surface area contributed by atoms with Crippen LogP contribution in [0.2, 0.25) is 4.34 Å². The van der Waals surface area contributed by atoms with E-state index in [0.717, 1.165) is 24.8 Å². The average Bonchev–Trinajstić information content (AvgIpc) is 3.64. The lowest BCUT2D eigenvalue weighted by Gasteiger charge is -2.32. The molecule has 1 fully saturated rings. The Hall–Kier alpha value is -3.70. The van der Waals surface area contributed by atoms with Crippen molar-refractivity contribution in [1.82, 2.24) is 40.0 Å². The van der Waals surface area contributed by atoms with Gasteiger partial charge in [0.2, 0.25) is 0 Å². The molecule has 1 aliphatic carbocycles. The maximum atomic E-state index is 14.9. The van der Waals surface area contributed by atoms with Crippen LogP contribution in [0.5, 0.6) is 0 Å². The van der Waals surface area contributed by atoms with Crippen molar-refractivity contribution in [2.24, 2.45) is 0 Å². The maximum absolute atomic E-state index is 14.9. The molecule has 5 heterocycles. The Kier molecular flexibility index (Phi) is 5.94. The van der Waals surface area contributed by atoms with Crippen molar-refractivity contribution in [2.75, 3.05) is 0 Å². The first-order valence-electron chi connectivity index (χ1n) is 11.5. The minimum Gasteiger partial charge on any atom is -0.349 e. The van der Waals surface area contributed by atoms with Crippen LogP contribution in [0.4, 0.5) is 4.39 Å². The third-order valence-electron chi connectivity index (χ3n) is 6.33. The summed E-state index contributed by atoms with van der Waals surface area (Å²) in [6.45, 7) is 0. The van der Waals surface area contributed by atoms with E-state index < -0.39 is 5.82 Å². The van der Waals surface area contributed by atoms with E-state index in [1.54, 1.807) is 30.6 Å². The van der Waals surface area contributed by atoms with Crippen molar-refractivity contribution in [3.63, 3.8) is 0 Å². The number of aromatic nitrogens is 7. The molecule has 5 aromatic heterocycles. The smallest absolute Gasteiger partial charge is 0.261 e. The number of pyridine rings is 2. The lowest BCUT2D eigenvalue weighted by Crippen LogP contribution is -2.38. The van der Waals surface area contributed by atoms with Crippen LogP contribution in [0.25, 0.3) is 34.1 Å². The van der Waals surface area contributed by atoms with Crippen LogP contribution in [0.15, 0.2) is 49.1 Å². The van der Waals surface area contributed by atoms with Gasteiger partial charge in [0, 0.05) is 18.3 Å². The van der Waals surface area contributed by atoms with Gasteiger partial charge in [-0.3, -0.25) is 14.9 Å².